The van der Waals surface area contributed by atoms with Crippen LogP contribution in [0.1, 0.15) is 12.5 Å². The topological polar surface area (TPSA) is 58.4 Å². The van der Waals surface area contributed by atoms with Gasteiger partial charge in [0, 0.05) is 34.3 Å². The molecule has 0 aliphatic carbocycles. The summed E-state index contributed by atoms with van der Waals surface area (Å²) in [5.41, 5.74) is 4.79. The molecule has 0 spiro atoms. The number of halogens is 1. The van der Waals surface area contributed by atoms with E-state index in [-0.39, 0.29) is 12.6 Å². The number of fused-ring (bicyclic) bond motifs is 4. The summed E-state index contributed by atoms with van der Waals surface area (Å²) < 4.78 is 33.3. The van der Waals surface area contributed by atoms with Crippen LogP contribution in [0.3, 0.4) is 0 Å². The van der Waals surface area contributed by atoms with Gasteiger partial charge in [-0.3, -0.25) is 0 Å². The lowest BCUT2D eigenvalue weighted by Gasteiger charge is -2.16. The molecule has 0 radical (unpaired) electrons. The van der Waals surface area contributed by atoms with Crippen LogP contribution in [0.15, 0.2) is 66.9 Å². The van der Waals surface area contributed by atoms with Crippen molar-refractivity contribution in [3.8, 4) is 39.8 Å². The van der Waals surface area contributed by atoms with E-state index in [9.17, 15) is 4.39 Å². The fraction of sp³-hybridized carbons (Fsp3) is 0.154. The van der Waals surface area contributed by atoms with Gasteiger partial charge in [-0.15, -0.1) is 10.2 Å². The molecule has 3 aliphatic heterocycles. The summed E-state index contributed by atoms with van der Waals surface area (Å²) in [7, 11) is 0. The Morgan fingerprint density at radius 3 is 2.52 bits per heavy atom. The Morgan fingerprint density at radius 2 is 1.73 bits per heavy atom. The number of aromatic nitrogens is 3. The van der Waals surface area contributed by atoms with Crippen LogP contribution in [0.5, 0.6) is 17.2 Å². The molecule has 0 amide bonds. The van der Waals surface area contributed by atoms with Crippen molar-refractivity contribution >= 4 is 10.9 Å². The molecular weight excluding hydrogens is 421 g/mol. The first-order valence-electron chi connectivity index (χ1n) is 10.8. The average Bonchev–Trinajstić information content (AvgIpc) is 3.47. The zero-order valence-corrected chi connectivity index (χ0v) is 17.9. The molecule has 0 unspecified atom stereocenters. The molecule has 6 rings (SSSR count). The number of pyridine rings is 1. The lowest BCUT2D eigenvalue weighted by molar-refractivity contribution is 0.174. The van der Waals surface area contributed by atoms with Crippen LogP contribution in [0, 0.1) is 5.82 Å². The van der Waals surface area contributed by atoms with Gasteiger partial charge in [0.2, 0.25) is 6.79 Å². The molecule has 0 atom stereocenters. The van der Waals surface area contributed by atoms with Gasteiger partial charge in [-0.05, 0) is 43.3 Å². The predicted molar refractivity (Wildman–Crippen MR) is 122 cm³/mol. The van der Waals surface area contributed by atoms with Crippen molar-refractivity contribution in [1.82, 2.24) is 14.8 Å². The lowest BCUT2D eigenvalue weighted by atomic mass is 10.0. The number of hydrogen-bond donors (Lipinski definition) is 0. The first-order valence-corrected chi connectivity index (χ1v) is 10.8. The summed E-state index contributed by atoms with van der Waals surface area (Å²) in [4.78, 5) is 0. The number of rotatable bonds is 5. The van der Waals surface area contributed by atoms with Gasteiger partial charge in [0.05, 0.1) is 18.7 Å². The minimum atomic E-state index is -0.246. The predicted octanol–water partition coefficient (Wildman–Crippen LogP) is 5.52. The zero-order chi connectivity index (χ0) is 22.4. The third kappa shape index (κ3) is 3.33. The summed E-state index contributed by atoms with van der Waals surface area (Å²) in [6.07, 6.45) is 1.98. The van der Waals surface area contributed by atoms with E-state index in [4.69, 9.17) is 14.2 Å². The normalized spacial score (nSPS) is 12.5. The Kier molecular flexibility index (Phi) is 4.61. The highest BCUT2D eigenvalue weighted by molar-refractivity contribution is 5.99. The van der Waals surface area contributed by atoms with Crippen molar-refractivity contribution in [3.63, 3.8) is 0 Å². The Labute approximate surface area is 189 Å². The fourth-order valence-electron chi connectivity index (χ4n) is 4.25. The number of ether oxygens (including phenoxy) is 3. The smallest absolute Gasteiger partial charge is 0.231 e. The monoisotopic (exact) mass is 441 g/mol. The van der Waals surface area contributed by atoms with E-state index in [1.165, 1.54) is 6.07 Å². The fourth-order valence-corrected chi connectivity index (χ4v) is 4.25. The maximum absolute atomic E-state index is 14.5. The third-order valence-electron chi connectivity index (χ3n) is 5.84. The van der Waals surface area contributed by atoms with Crippen LogP contribution >= 0.6 is 0 Å². The van der Waals surface area contributed by atoms with Gasteiger partial charge in [-0.2, -0.15) is 0 Å². The molecule has 0 saturated carbocycles. The highest BCUT2D eigenvalue weighted by Crippen LogP contribution is 2.42. The average molecular weight is 441 g/mol. The quantitative estimate of drug-likeness (QED) is 0.360. The van der Waals surface area contributed by atoms with Gasteiger partial charge in [0.1, 0.15) is 23.0 Å². The molecule has 0 saturated heterocycles. The minimum Gasteiger partial charge on any atom is -0.494 e. The van der Waals surface area contributed by atoms with Crippen LogP contribution in [0.25, 0.3) is 33.4 Å². The molecule has 7 heteroatoms. The van der Waals surface area contributed by atoms with Crippen LogP contribution in [0.2, 0.25) is 0 Å². The van der Waals surface area contributed by atoms with Gasteiger partial charge in [0.15, 0.2) is 11.5 Å². The molecule has 6 nitrogen and oxygen atoms in total. The summed E-state index contributed by atoms with van der Waals surface area (Å²) >= 11 is 0. The molecule has 33 heavy (non-hydrogen) atoms. The second-order valence-corrected chi connectivity index (χ2v) is 7.84. The Balaban J connectivity index is 1.55. The Bertz CT molecular complexity index is 1450. The first kappa shape index (κ1) is 19.5. The molecule has 0 bridgehead atoms. The van der Waals surface area contributed by atoms with E-state index in [2.05, 4.69) is 10.2 Å². The van der Waals surface area contributed by atoms with Crippen molar-refractivity contribution in [1.29, 1.82) is 0 Å². The number of hydrogen-bond acceptors (Lipinski definition) is 5. The Morgan fingerprint density at radius 1 is 0.970 bits per heavy atom. The molecule has 3 aromatic carbocycles. The highest BCUT2D eigenvalue weighted by atomic mass is 19.1. The standard InChI is InChI=1S/C26H20FN3O3/c1-2-31-18-9-7-16(8-10-18)25-20-14-30(13-17-5-3-4-6-21(17)27)22-12-24-23(32-15-33-24)11-19(22)26(20)29-28-25/h3-12,14H,2,13,15H2,1H3. The summed E-state index contributed by atoms with van der Waals surface area (Å²) in [6, 6.07) is 18.4. The largest absolute Gasteiger partial charge is 0.494 e. The van der Waals surface area contributed by atoms with E-state index < -0.39 is 0 Å². The number of nitrogens with zero attached hydrogens (tertiary/aromatic N) is 3. The Hall–Kier alpha value is -4.13. The molecular formula is C26H20FN3O3. The molecule has 164 valence electrons. The second-order valence-electron chi connectivity index (χ2n) is 7.84. The summed E-state index contributed by atoms with van der Waals surface area (Å²) in [6.45, 7) is 3.09. The highest BCUT2D eigenvalue weighted by Gasteiger charge is 2.24. The van der Waals surface area contributed by atoms with Crippen molar-refractivity contribution in [2.45, 2.75) is 13.5 Å². The molecule has 0 fully saturated rings. The molecule has 3 aromatic rings. The molecule has 0 aromatic heterocycles. The van der Waals surface area contributed by atoms with Crippen LogP contribution in [-0.2, 0) is 6.54 Å². The van der Waals surface area contributed by atoms with Crippen molar-refractivity contribution in [3.05, 3.63) is 78.2 Å². The molecule has 0 N–H and O–H groups in total. The van der Waals surface area contributed by atoms with Gasteiger partial charge in [0.25, 0.3) is 0 Å². The number of benzene rings is 3. The third-order valence-corrected chi connectivity index (χ3v) is 5.84. The van der Waals surface area contributed by atoms with Crippen LogP contribution < -0.4 is 14.2 Å². The maximum Gasteiger partial charge on any atom is 0.231 e. The maximum atomic E-state index is 14.5. The van der Waals surface area contributed by atoms with E-state index in [1.807, 2.05) is 60.2 Å². The molecule has 3 aliphatic rings. The van der Waals surface area contributed by atoms with Crippen LogP contribution in [0.4, 0.5) is 4.39 Å². The van der Waals surface area contributed by atoms with Crippen molar-refractivity contribution in [2.24, 2.45) is 0 Å². The van der Waals surface area contributed by atoms with Crippen molar-refractivity contribution < 1.29 is 18.6 Å². The molecule has 3 heterocycles. The van der Waals surface area contributed by atoms with Crippen molar-refractivity contribution in [2.75, 3.05) is 13.4 Å². The second kappa shape index (κ2) is 7.78. The summed E-state index contributed by atoms with van der Waals surface area (Å²) in [5.74, 6) is 1.88. The van der Waals surface area contributed by atoms with E-state index >= 15 is 0 Å². The minimum absolute atomic E-state index is 0.173. The van der Waals surface area contributed by atoms with Gasteiger partial charge < -0.3 is 18.8 Å². The van der Waals surface area contributed by atoms with E-state index in [1.54, 1.807) is 12.1 Å². The SMILES string of the molecule is CCOc1ccc(-c2nnc3c4cc5c(cc4n(Cc4ccccc4F)cc2-3)OCO5)cc1. The summed E-state index contributed by atoms with van der Waals surface area (Å²) in [5, 5.41) is 9.88. The van der Waals surface area contributed by atoms with E-state index in [0.29, 0.717) is 30.2 Å². The first-order chi connectivity index (χ1) is 16.2. The lowest BCUT2D eigenvalue weighted by Crippen LogP contribution is -2.05. The van der Waals surface area contributed by atoms with Crippen LogP contribution in [-0.4, -0.2) is 28.2 Å². The van der Waals surface area contributed by atoms with E-state index in [0.717, 1.165) is 39.2 Å². The van der Waals surface area contributed by atoms with Gasteiger partial charge >= 0.3 is 0 Å². The van der Waals surface area contributed by atoms with Gasteiger partial charge in [-0.1, -0.05) is 18.2 Å². The van der Waals surface area contributed by atoms with Gasteiger partial charge in [-0.25, -0.2) is 4.39 Å². The zero-order valence-electron chi connectivity index (χ0n) is 17.9.